The zero-order valence-electron chi connectivity index (χ0n) is 10.7. The molecular weight excluding hydrogens is 228 g/mol. The van der Waals surface area contributed by atoms with E-state index >= 15 is 0 Å². The van der Waals surface area contributed by atoms with E-state index in [9.17, 15) is 10.2 Å². The molecule has 0 saturated heterocycles. The Bertz CT molecular complexity index is 408. The zero-order chi connectivity index (χ0) is 13.0. The van der Waals surface area contributed by atoms with Gasteiger partial charge in [-0.25, -0.2) is 0 Å². The maximum absolute atomic E-state index is 9.34. The molecule has 0 spiro atoms. The van der Waals surface area contributed by atoms with E-state index in [1.54, 1.807) is 12.1 Å². The summed E-state index contributed by atoms with van der Waals surface area (Å²) in [6, 6.07) is 7.14. The van der Waals surface area contributed by atoms with E-state index in [2.05, 4.69) is 13.0 Å². The minimum absolute atomic E-state index is 0.0310. The van der Waals surface area contributed by atoms with E-state index < -0.39 is 0 Å². The molecule has 0 radical (unpaired) electrons. The quantitative estimate of drug-likeness (QED) is 0.809. The maximum Gasteiger partial charge on any atom is 0.115 e. The average molecular weight is 248 g/mol. The van der Waals surface area contributed by atoms with E-state index in [-0.39, 0.29) is 24.4 Å². The van der Waals surface area contributed by atoms with Gasteiger partial charge in [0.2, 0.25) is 0 Å². The summed E-state index contributed by atoms with van der Waals surface area (Å²) >= 11 is 0. The van der Waals surface area contributed by atoms with Gasteiger partial charge in [-0.1, -0.05) is 23.8 Å². The Morgan fingerprint density at radius 2 is 2.00 bits per heavy atom. The normalized spacial score (nSPS) is 24.4. The molecule has 0 saturated carbocycles. The molecule has 98 valence electrons. The van der Waals surface area contributed by atoms with E-state index in [4.69, 9.17) is 4.74 Å². The molecule has 0 fully saturated rings. The van der Waals surface area contributed by atoms with Gasteiger partial charge in [0.15, 0.2) is 0 Å². The van der Waals surface area contributed by atoms with Gasteiger partial charge in [-0.3, -0.25) is 0 Å². The lowest BCUT2D eigenvalue weighted by molar-refractivity contribution is 0.0221. The van der Waals surface area contributed by atoms with Crippen LogP contribution in [0.5, 0.6) is 5.75 Å². The Morgan fingerprint density at radius 1 is 1.28 bits per heavy atom. The monoisotopic (exact) mass is 248 g/mol. The van der Waals surface area contributed by atoms with Gasteiger partial charge in [0.1, 0.15) is 5.75 Å². The van der Waals surface area contributed by atoms with Crippen LogP contribution < -0.4 is 0 Å². The van der Waals surface area contributed by atoms with Crippen LogP contribution in [0.15, 0.2) is 35.9 Å². The first-order valence-electron chi connectivity index (χ1n) is 6.40. The lowest BCUT2D eigenvalue weighted by atomic mass is 9.87. The summed E-state index contributed by atoms with van der Waals surface area (Å²) in [7, 11) is 0. The fourth-order valence-corrected chi connectivity index (χ4v) is 2.50. The topological polar surface area (TPSA) is 49.7 Å². The van der Waals surface area contributed by atoms with Crippen molar-refractivity contribution in [2.24, 2.45) is 5.92 Å². The van der Waals surface area contributed by atoms with Crippen LogP contribution in [0, 0.1) is 5.92 Å². The first-order chi connectivity index (χ1) is 8.72. The van der Waals surface area contributed by atoms with E-state index in [1.807, 2.05) is 12.1 Å². The number of ether oxygens (including phenoxy) is 1. The molecule has 1 aliphatic rings. The molecule has 2 rings (SSSR count). The highest BCUT2D eigenvalue weighted by Crippen LogP contribution is 2.36. The Labute approximate surface area is 108 Å². The van der Waals surface area contributed by atoms with Gasteiger partial charge in [-0.15, -0.1) is 0 Å². The highest BCUT2D eigenvalue weighted by Gasteiger charge is 2.26. The first-order valence-corrected chi connectivity index (χ1v) is 6.40. The van der Waals surface area contributed by atoms with Gasteiger partial charge in [0.05, 0.1) is 12.7 Å². The lowest BCUT2D eigenvalue weighted by Crippen LogP contribution is -2.17. The van der Waals surface area contributed by atoms with Crippen LogP contribution >= 0.6 is 0 Å². The van der Waals surface area contributed by atoms with Gasteiger partial charge in [-0.05, 0) is 37.5 Å². The van der Waals surface area contributed by atoms with Crippen LogP contribution in [-0.4, -0.2) is 23.4 Å². The molecule has 18 heavy (non-hydrogen) atoms. The Balaban J connectivity index is 2.27. The number of aromatic hydroxyl groups is 1. The standard InChI is InChI=1S/C15H20O3/c1-11-3-2-10-18-15(14(11)8-9-16)12-4-6-13(17)7-5-12/h3-7,14-17H,2,8-10H2,1H3. The van der Waals surface area contributed by atoms with Crippen LogP contribution in [0.2, 0.25) is 0 Å². The van der Waals surface area contributed by atoms with Crippen LogP contribution in [0.3, 0.4) is 0 Å². The predicted molar refractivity (Wildman–Crippen MR) is 70.4 cm³/mol. The summed E-state index contributed by atoms with van der Waals surface area (Å²) < 4.78 is 5.92. The van der Waals surface area contributed by atoms with Gasteiger partial charge >= 0.3 is 0 Å². The third-order valence-corrected chi connectivity index (χ3v) is 3.49. The van der Waals surface area contributed by atoms with Crippen LogP contribution in [-0.2, 0) is 4.74 Å². The smallest absolute Gasteiger partial charge is 0.115 e. The molecule has 1 aliphatic heterocycles. The number of aliphatic hydroxyl groups is 1. The summed E-state index contributed by atoms with van der Waals surface area (Å²) in [5.41, 5.74) is 2.33. The second-order valence-corrected chi connectivity index (χ2v) is 4.74. The molecule has 2 atom stereocenters. The number of rotatable bonds is 3. The summed E-state index contributed by atoms with van der Waals surface area (Å²) in [6.45, 7) is 2.96. The molecule has 0 aliphatic carbocycles. The molecule has 1 aromatic carbocycles. The molecule has 1 heterocycles. The fourth-order valence-electron chi connectivity index (χ4n) is 2.50. The molecule has 0 amide bonds. The second-order valence-electron chi connectivity index (χ2n) is 4.74. The molecule has 0 aromatic heterocycles. The summed E-state index contributed by atoms with van der Waals surface area (Å²) in [5, 5.41) is 18.6. The van der Waals surface area contributed by atoms with Crippen LogP contribution in [0.4, 0.5) is 0 Å². The van der Waals surface area contributed by atoms with Crippen molar-refractivity contribution in [3.8, 4) is 5.75 Å². The number of phenolic OH excluding ortho intramolecular Hbond substituents is 1. The zero-order valence-corrected chi connectivity index (χ0v) is 10.7. The summed E-state index contributed by atoms with van der Waals surface area (Å²) in [5.74, 6) is 0.473. The van der Waals surface area contributed by atoms with Gasteiger partial charge in [-0.2, -0.15) is 0 Å². The number of benzene rings is 1. The highest BCUT2D eigenvalue weighted by molar-refractivity contribution is 5.29. The molecule has 2 unspecified atom stereocenters. The predicted octanol–water partition coefficient (Wildman–Crippen LogP) is 2.80. The first kappa shape index (κ1) is 13.1. The third-order valence-electron chi connectivity index (χ3n) is 3.49. The Hall–Kier alpha value is -1.32. The van der Waals surface area contributed by atoms with Crippen molar-refractivity contribution in [2.45, 2.75) is 25.9 Å². The Kier molecular flexibility index (Phi) is 4.39. The van der Waals surface area contributed by atoms with Crippen molar-refractivity contribution in [3.05, 3.63) is 41.5 Å². The van der Waals surface area contributed by atoms with Crippen molar-refractivity contribution < 1.29 is 14.9 Å². The van der Waals surface area contributed by atoms with E-state index in [0.717, 1.165) is 12.0 Å². The van der Waals surface area contributed by atoms with Crippen LogP contribution in [0.25, 0.3) is 0 Å². The van der Waals surface area contributed by atoms with Crippen molar-refractivity contribution in [2.75, 3.05) is 13.2 Å². The van der Waals surface area contributed by atoms with Crippen LogP contribution in [0.1, 0.15) is 31.4 Å². The number of hydrogen-bond donors (Lipinski definition) is 2. The van der Waals surface area contributed by atoms with Crippen molar-refractivity contribution in [1.29, 1.82) is 0 Å². The highest BCUT2D eigenvalue weighted by atomic mass is 16.5. The number of hydrogen-bond acceptors (Lipinski definition) is 3. The van der Waals surface area contributed by atoms with E-state index in [1.165, 1.54) is 5.57 Å². The summed E-state index contributed by atoms with van der Waals surface area (Å²) in [4.78, 5) is 0. The largest absolute Gasteiger partial charge is 0.508 e. The molecule has 1 aromatic rings. The van der Waals surface area contributed by atoms with Crippen molar-refractivity contribution in [1.82, 2.24) is 0 Å². The van der Waals surface area contributed by atoms with Crippen molar-refractivity contribution in [3.63, 3.8) is 0 Å². The third kappa shape index (κ3) is 2.92. The number of aliphatic hydroxyl groups excluding tert-OH is 1. The SMILES string of the molecule is CC1=CCCOC(c2ccc(O)cc2)C1CCO. The minimum Gasteiger partial charge on any atom is -0.508 e. The van der Waals surface area contributed by atoms with Gasteiger partial charge in [0.25, 0.3) is 0 Å². The second kappa shape index (κ2) is 6.03. The average Bonchev–Trinajstić information content (AvgIpc) is 2.54. The van der Waals surface area contributed by atoms with Gasteiger partial charge in [0, 0.05) is 12.5 Å². The number of phenols is 1. The fraction of sp³-hybridized carbons (Fsp3) is 0.467. The van der Waals surface area contributed by atoms with E-state index in [0.29, 0.717) is 13.0 Å². The summed E-state index contributed by atoms with van der Waals surface area (Å²) in [6.07, 6.45) is 3.79. The van der Waals surface area contributed by atoms with Crippen molar-refractivity contribution >= 4 is 0 Å². The molecule has 2 N–H and O–H groups in total. The minimum atomic E-state index is -0.0310. The Morgan fingerprint density at radius 3 is 2.67 bits per heavy atom. The van der Waals surface area contributed by atoms with Gasteiger partial charge < -0.3 is 14.9 Å². The molecule has 0 bridgehead atoms. The maximum atomic E-state index is 9.34. The lowest BCUT2D eigenvalue weighted by Gasteiger charge is -2.26. The molecular formula is C15H20O3. The molecule has 3 heteroatoms. The molecule has 3 nitrogen and oxygen atoms in total.